The van der Waals surface area contributed by atoms with Gasteiger partial charge in [-0.05, 0) is 37.8 Å². The van der Waals surface area contributed by atoms with Gasteiger partial charge in [-0.3, -0.25) is 9.59 Å². The van der Waals surface area contributed by atoms with Crippen molar-refractivity contribution in [2.75, 3.05) is 33.9 Å². The van der Waals surface area contributed by atoms with Gasteiger partial charge in [0.25, 0.3) is 11.8 Å². The summed E-state index contributed by atoms with van der Waals surface area (Å²) in [5.74, 6) is -0.0478. The number of hydrogen-bond acceptors (Lipinski definition) is 6. The summed E-state index contributed by atoms with van der Waals surface area (Å²) in [4.78, 5) is 38.2. The lowest BCUT2D eigenvalue weighted by molar-refractivity contribution is -0.120. The van der Waals surface area contributed by atoms with Crippen molar-refractivity contribution >= 4 is 17.8 Å². The van der Waals surface area contributed by atoms with Crippen LogP contribution >= 0.6 is 0 Å². The van der Waals surface area contributed by atoms with E-state index in [1.807, 2.05) is 0 Å². The normalized spacial score (nSPS) is 17.2. The summed E-state index contributed by atoms with van der Waals surface area (Å²) in [7, 11) is 2.88. The molecule has 1 aromatic carbocycles. The third-order valence-electron chi connectivity index (χ3n) is 6.12. The van der Waals surface area contributed by atoms with Crippen molar-refractivity contribution in [2.24, 2.45) is 5.73 Å². The molecule has 182 valence electrons. The smallest absolute Gasteiger partial charge is 0.315 e. The number of nitrogens with zero attached hydrogens (tertiary/aromatic N) is 1. The van der Waals surface area contributed by atoms with E-state index in [4.69, 9.17) is 19.9 Å². The molecule has 0 atom stereocenters. The van der Waals surface area contributed by atoms with Crippen molar-refractivity contribution in [2.45, 2.75) is 57.0 Å². The number of carbonyl (C=O) groups excluding carboxylic acids is 3. The number of carbonyl (C=O) groups is 3. The lowest BCUT2D eigenvalue weighted by Gasteiger charge is -2.33. The maximum atomic E-state index is 13.1. The zero-order chi connectivity index (χ0) is 23.8. The Morgan fingerprint density at radius 2 is 1.48 bits per heavy atom. The van der Waals surface area contributed by atoms with Crippen molar-refractivity contribution < 1.29 is 28.6 Å². The number of amides is 4. The molecule has 1 saturated carbocycles. The Morgan fingerprint density at radius 3 is 2.00 bits per heavy atom. The molecule has 1 heterocycles. The molecule has 1 aromatic rings. The number of ether oxygens (including phenoxy) is 3. The van der Waals surface area contributed by atoms with E-state index in [9.17, 15) is 14.4 Å². The van der Waals surface area contributed by atoms with E-state index in [0.29, 0.717) is 31.5 Å². The highest BCUT2D eigenvalue weighted by molar-refractivity contribution is 5.95. The van der Waals surface area contributed by atoms with Gasteiger partial charge in [0.15, 0.2) is 18.1 Å². The molecule has 0 spiro atoms. The number of methoxy groups -OCH3 is 2. The molecule has 0 aromatic heterocycles. The van der Waals surface area contributed by atoms with E-state index in [2.05, 4.69) is 10.6 Å². The molecule has 2 aliphatic rings. The second kappa shape index (κ2) is 11.6. The fourth-order valence-electron chi connectivity index (χ4n) is 4.36. The quantitative estimate of drug-likeness (QED) is 0.540. The van der Waals surface area contributed by atoms with Crippen LogP contribution in [0.25, 0.3) is 0 Å². The summed E-state index contributed by atoms with van der Waals surface area (Å²) in [6.07, 6.45) is 7.01. The molecule has 4 N–H and O–H groups in total. The van der Waals surface area contributed by atoms with Gasteiger partial charge < -0.3 is 35.5 Å². The number of likely N-dealkylation sites (tertiary alicyclic amines) is 1. The zero-order valence-corrected chi connectivity index (χ0v) is 19.4. The number of primary amides is 1. The number of hydrogen-bond donors (Lipinski definition) is 3. The topological polar surface area (TPSA) is 132 Å². The first-order chi connectivity index (χ1) is 15.9. The van der Waals surface area contributed by atoms with Crippen molar-refractivity contribution in [3.8, 4) is 17.2 Å². The molecular formula is C23H34N4O6. The van der Waals surface area contributed by atoms with E-state index in [1.165, 1.54) is 33.5 Å². The number of rotatable bonds is 8. The van der Waals surface area contributed by atoms with E-state index < -0.39 is 5.91 Å². The highest BCUT2D eigenvalue weighted by Crippen LogP contribution is 2.39. The Kier molecular flexibility index (Phi) is 8.62. The second-order valence-electron chi connectivity index (χ2n) is 8.48. The molecule has 1 saturated heterocycles. The van der Waals surface area contributed by atoms with Crippen molar-refractivity contribution in [1.82, 2.24) is 15.5 Å². The minimum atomic E-state index is -0.636. The third kappa shape index (κ3) is 6.66. The van der Waals surface area contributed by atoms with E-state index >= 15 is 0 Å². The lowest BCUT2D eigenvalue weighted by atomic mass is 9.96. The number of nitrogens with two attached hydrogens (primary N) is 1. The van der Waals surface area contributed by atoms with Crippen LogP contribution in [0.4, 0.5) is 4.79 Å². The van der Waals surface area contributed by atoms with E-state index in [1.54, 1.807) is 17.0 Å². The highest BCUT2D eigenvalue weighted by Gasteiger charge is 2.27. The summed E-state index contributed by atoms with van der Waals surface area (Å²) in [6.45, 7) is 0.713. The van der Waals surface area contributed by atoms with Gasteiger partial charge in [0.2, 0.25) is 5.75 Å². The zero-order valence-electron chi connectivity index (χ0n) is 19.4. The second-order valence-corrected chi connectivity index (χ2v) is 8.48. The van der Waals surface area contributed by atoms with Crippen LogP contribution in [0.15, 0.2) is 12.1 Å². The largest absolute Gasteiger partial charge is 0.493 e. The third-order valence-corrected chi connectivity index (χ3v) is 6.12. The lowest BCUT2D eigenvalue weighted by Crippen LogP contribution is -2.51. The van der Waals surface area contributed by atoms with Gasteiger partial charge in [-0.2, -0.15) is 0 Å². The Labute approximate surface area is 194 Å². The van der Waals surface area contributed by atoms with Gasteiger partial charge in [-0.25, -0.2) is 4.79 Å². The molecule has 10 nitrogen and oxygen atoms in total. The van der Waals surface area contributed by atoms with Crippen LogP contribution in [0.3, 0.4) is 0 Å². The van der Waals surface area contributed by atoms with Crippen LogP contribution in [-0.2, 0) is 4.79 Å². The molecule has 0 unspecified atom stereocenters. The number of urea groups is 1. The Hall–Kier alpha value is -3.17. The molecule has 1 aliphatic carbocycles. The summed E-state index contributed by atoms with van der Waals surface area (Å²) in [6, 6.07) is 3.30. The van der Waals surface area contributed by atoms with Gasteiger partial charge >= 0.3 is 6.03 Å². The highest BCUT2D eigenvalue weighted by atomic mass is 16.5. The van der Waals surface area contributed by atoms with Gasteiger partial charge in [0.1, 0.15) is 0 Å². The van der Waals surface area contributed by atoms with Crippen LogP contribution in [0.2, 0.25) is 0 Å². The van der Waals surface area contributed by atoms with Crippen LogP contribution in [0.1, 0.15) is 55.3 Å². The molecule has 4 amide bonds. The summed E-state index contributed by atoms with van der Waals surface area (Å²) in [5.41, 5.74) is 5.54. The molecular weight excluding hydrogens is 428 g/mol. The first-order valence-electron chi connectivity index (χ1n) is 11.4. The number of benzene rings is 1. The molecule has 0 radical (unpaired) electrons. The molecule has 0 bridgehead atoms. The van der Waals surface area contributed by atoms with E-state index in [-0.39, 0.29) is 47.9 Å². The Balaban J connectivity index is 1.57. The van der Waals surface area contributed by atoms with Gasteiger partial charge in [-0.15, -0.1) is 0 Å². The van der Waals surface area contributed by atoms with Crippen LogP contribution in [0, 0.1) is 0 Å². The molecule has 10 heteroatoms. The van der Waals surface area contributed by atoms with Crippen molar-refractivity contribution in [3.63, 3.8) is 0 Å². The predicted octanol–water partition coefficient (Wildman–Crippen LogP) is 1.80. The number of nitrogens with one attached hydrogen (secondary N) is 2. The monoisotopic (exact) mass is 462 g/mol. The minimum absolute atomic E-state index is 0.0336. The Bertz CT molecular complexity index is 822. The fraction of sp³-hybridized carbons (Fsp3) is 0.609. The van der Waals surface area contributed by atoms with Crippen LogP contribution < -0.4 is 30.6 Å². The van der Waals surface area contributed by atoms with Gasteiger partial charge in [-0.1, -0.05) is 19.3 Å². The SMILES string of the molecule is COc1cc(C(=O)N2CCC(NC(=O)NC3CCCCC3)CC2)cc(OC)c1OCC(N)=O. The standard InChI is InChI=1S/C23H34N4O6/c1-31-18-12-15(13-19(32-2)21(18)33-14-20(24)28)22(29)27-10-8-17(9-11-27)26-23(30)25-16-6-4-3-5-7-16/h12-13,16-17H,3-11,14H2,1-2H3,(H2,24,28)(H2,25,26,30). The minimum Gasteiger partial charge on any atom is -0.493 e. The maximum absolute atomic E-state index is 13.1. The average molecular weight is 463 g/mol. The predicted molar refractivity (Wildman–Crippen MR) is 122 cm³/mol. The summed E-state index contributed by atoms with van der Waals surface area (Å²) in [5, 5.41) is 6.12. The van der Waals surface area contributed by atoms with E-state index in [0.717, 1.165) is 12.8 Å². The van der Waals surface area contributed by atoms with Gasteiger partial charge in [0.05, 0.1) is 14.2 Å². The molecule has 33 heavy (non-hydrogen) atoms. The summed E-state index contributed by atoms with van der Waals surface area (Å²) < 4.78 is 16.1. The maximum Gasteiger partial charge on any atom is 0.315 e. The Morgan fingerprint density at radius 1 is 0.939 bits per heavy atom. The number of piperidine rings is 1. The molecule has 3 rings (SSSR count). The van der Waals surface area contributed by atoms with Gasteiger partial charge in [0, 0.05) is 30.7 Å². The van der Waals surface area contributed by atoms with Crippen molar-refractivity contribution in [3.05, 3.63) is 17.7 Å². The average Bonchev–Trinajstić information content (AvgIpc) is 2.82. The first-order valence-corrected chi connectivity index (χ1v) is 11.4. The van der Waals surface area contributed by atoms with Crippen LogP contribution in [0.5, 0.6) is 17.2 Å². The molecule has 1 aliphatic heterocycles. The fourth-order valence-corrected chi connectivity index (χ4v) is 4.36. The van der Waals surface area contributed by atoms with Crippen LogP contribution in [-0.4, -0.2) is 68.7 Å². The molecule has 2 fully saturated rings. The first kappa shape index (κ1) is 24.5. The summed E-state index contributed by atoms with van der Waals surface area (Å²) >= 11 is 0. The van der Waals surface area contributed by atoms with Crippen molar-refractivity contribution in [1.29, 1.82) is 0 Å².